The molecule has 3 aromatic rings. The average molecular weight is 433 g/mol. The van der Waals surface area contributed by atoms with Crippen molar-refractivity contribution in [2.75, 3.05) is 11.4 Å². The fraction of sp³-hybridized carbons (Fsp3) is 0.240. The van der Waals surface area contributed by atoms with Crippen LogP contribution in [0.4, 0.5) is 10.1 Å². The van der Waals surface area contributed by atoms with Crippen molar-refractivity contribution in [2.24, 2.45) is 0 Å². The lowest BCUT2D eigenvalue weighted by atomic mass is 10.2. The van der Waals surface area contributed by atoms with E-state index in [4.69, 9.17) is 4.74 Å². The van der Waals surface area contributed by atoms with E-state index < -0.39 is 12.1 Å². The Kier molecular flexibility index (Phi) is 5.90. The molecule has 7 heteroatoms. The molecule has 1 aliphatic heterocycles. The molecule has 32 heavy (non-hydrogen) atoms. The van der Waals surface area contributed by atoms with Crippen molar-refractivity contribution in [3.63, 3.8) is 0 Å². The van der Waals surface area contributed by atoms with E-state index in [1.54, 1.807) is 34.7 Å². The van der Waals surface area contributed by atoms with Crippen molar-refractivity contribution in [2.45, 2.75) is 33.3 Å². The van der Waals surface area contributed by atoms with Gasteiger partial charge in [0.1, 0.15) is 5.82 Å². The maximum absolute atomic E-state index is 13.2. The Morgan fingerprint density at radius 2 is 1.84 bits per heavy atom. The number of fused-ring (bicyclic) bond motifs is 1. The fourth-order valence-corrected chi connectivity index (χ4v) is 3.93. The van der Waals surface area contributed by atoms with Crippen LogP contribution in [0.15, 0.2) is 54.6 Å². The van der Waals surface area contributed by atoms with E-state index in [1.165, 1.54) is 18.2 Å². The molecule has 0 radical (unpaired) electrons. The topological polar surface area (TPSA) is 64.4 Å². The second-order valence-electron chi connectivity index (χ2n) is 7.75. The Bertz CT molecular complexity index is 1200. The van der Waals surface area contributed by atoms with Crippen molar-refractivity contribution >= 4 is 23.6 Å². The van der Waals surface area contributed by atoms with Gasteiger partial charge in [0, 0.05) is 29.6 Å². The quantitative estimate of drug-likeness (QED) is 0.448. The van der Waals surface area contributed by atoms with Gasteiger partial charge in [-0.3, -0.25) is 4.79 Å². The molecular formula is C25H24FN3O3. The summed E-state index contributed by atoms with van der Waals surface area (Å²) in [6, 6.07) is 13.8. The molecular weight excluding hydrogens is 409 g/mol. The number of carbonyl (C=O) groups is 2. The largest absolute Gasteiger partial charge is 0.449 e. The number of amides is 1. The monoisotopic (exact) mass is 433 g/mol. The Hall–Kier alpha value is -3.74. The van der Waals surface area contributed by atoms with Gasteiger partial charge in [-0.15, -0.1) is 0 Å². The molecule has 0 saturated heterocycles. The number of anilines is 1. The van der Waals surface area contributed by atoms with Gasteiger partial charge in [-0.2, -0.15) is 5.10 Å². The highest BCUT2D eigenvalue weighted by Crippen LogP contribution is 2.28. The minimum absolute atomic E-state index is 0.242. The third-order valence-corrected chi connectivity index (χ3v) is 5.60. The number of nitrogens with zero attached hydrogens (tertiary/aromatic N) is 3. The van der Waals surface area contributed by atoms with E-state index in [9.17, 15) is 14.0 Å². The van der Waals surface area contributed by atoms with E-state index in [2.05, 4.69) is 5.10 Å². The molecule has 0 spiro atoms. The Morgan fingerprint density at radius 3 is 2.59 bits per heavy atom. The number of esters is 1. The molecule has 0 bridgehead atoms. The normalized spacial score (nSPS) is 13.9. The number of carbonyl (C=O) groups excluding carboxylic acids is 2. The van der Waals surface area contributed by atoms with E-state index in [1.807, 2.05) is 38.1 Å². The van der Waals surface area contributed by atoms with Gasteiger partial charge < -0.3 is 9.64 Å². The number of rotatable bonds is 5. The third kappa shape index (κ3) is 4.19. The predicted octanol–water partition coefficient (Wildman–Crippen LogP) is 4.16. The summed E-state index contributed by atoms with van der Waals surface area (Å²) in [5.74, 6) is -1.17. The first-order valence-corrected chi connectivity index (χ1v) is 10.5. The molecule has 1 unspecified atom stereocenters. The van der Waals surface area contributed by atoms with Crippen LogP contribution in [0, 0.1) is 19.7 Å². The van der Waals surface area contributed by atoms with Crippen molar-refractivity contribution in [3.05, 3.63) is 82.9 Å². The molecule has 0 N–H and O–H groups in total. The fourth-order valence-electron chi connectivity index (χ4n) is 3.93. The van der Waals surface area contributed by atoms with Crippen molar-refractivity contribution in [1.82, 2.24) is 9.78 Å². The van der Waals surface area contributed by atoms with Crippen LogP contribution in [0.2, 0.25) is 0 Å². The first kappa shape index (κ1) is 21.5. The van der Waals surface area contributed by atoms with Crippen molar-refractivity contribution in [3.8, 4) is 5.69 Å². The van der Waals surface area contributed by atoms with Gasteiger partial charge in [0.05, 0.1) is 11.4 Å². The highest BCUT2D eigenvalue weighted by Gasteiger charge is 2.29. The molecule has 1 aliphatic rings. The van der Waals surface area contributed by atoms with Crippen LogP contribution >= 0.6 is 0 Å². The minimum Gasteiger partial charge on any atom is -0.449 e. The summed E-state index contributed by atoms with van der Waals surface area (Å²) < 4.78 is 20.3. The van der Waals surface area contributed by atoms with E-state index in [0.717, 1.165) is 34.6 Å². The summed E-state index contributed by atoms with van der Waals surface area (Å²) in [4.78, 5) is 26.8. The van der Waals surface area contributed by atoms with E-state index >= 15 is 0 Å². The first-order valence-electron chi connectivity index (χ1n) is 10.5. The molecule has 6 nitrogen and oxygen atoms in total. The number of para-hydroxylation sites is 1. The Morgan fingerprint density at radius 1 is 1.12 bits per heavy atom. The summed E-state index contributed by atoms with van der Waals surface area (Å²) in [5, 5.41) is 4.48. The molecule has 1 aromatic heterocycles. The van der Waals surface area contributed by atoms with Crippen LogP contribution in [-0.4, -0.2) is 34.3 Å². The van der Waals surface area contributed by atoms with Gasteiger partial charge in [-0.25, -0.2) is 13.9 Å². The summed E-state index contributed by atoms with van der Waals surface area (Å²) in [6.45, 7) is 5.86. The zero-order chi connectivity index (χ0) is 22.8. The van der Waals surface area contributed by atoms with Crippen LogP contribution in [0.5, 0.6) is 0 Å². The number of ether oxygens (including phenoxy) is 1. The lowest BCUT2D eigenvalue weighted by Gasteiger charge is -2.21. The zero-order valence-electron chi connectivity index (χ0n) is 18.2. The van der Waals surface area contributed by atoms with Crippen LogP contribution in [0.3, 0.4) is 0 Å². The van der Waals surface area contributed by atoms with Crippen molar-refractivity contribution < 1.29 is 18.7 Å². The predicted molar refractivity (Wildman–Crippen MR) is 120 cm³/mol. The molecule has 1 atom stereocenters. The summed E-state index contributed by atoms with van der Waals surface area (Å²) in [5.41, 5.74) is 4.99. The second-order valence-corrected chi connectivity index (χ2v) is 7.75. The minimum atomic E-state index is -0.901. The maximum atomic E-state index is 13.2. The number of aromatic nitrogens is 2. The van der Waals surface area contributed by atoms with Gasteiger partial charge in [-0.1, -0.05) is 18.2 Å². The number of hydrogen-bond acceptors (Lipinski definition) is 4. The molecule has 164 valence electrons. The number of aryl methyl sites for hydroxylation is 1. The van der Waals surface area contributed by atoms with Crippen LogP contribution in [-0.2, 0) is 20.7 Å². The number of hydrogen-bond donors (Lipinski definition) is 0. The van der Waals surface area contributed by atoms with Gasteiger partial charge in [-0.05, 0) is 69.2 Å². The zero-order valence-corrected chi connectivity index (χ0v) is 18.2. The third-order valence-electron chi connectivity index (χ3n) is 5.60. The first-order chi connectivity index (χ1) is 15.3. The average Bonchev–Trinajstić information content (AvgIpc) is 3.33. The lowest BCUT2D eigenvalue weighted by molar-refractivity contribution is -0.149. The molecule has 1 amide bonds. The number of benzene rings is 2. The molecule has 0 aliphatic carbocycles. The maximum Gasteiger partial charge on any atom is 0.331 e. The lowest BCUT2D eigenvalue weighted by Crippen LogP contribution is -2.38. The van der Waals surface area contributed by atoms with Crippen LogP contribution in [0.1, 0.15) is 29.4 Å². The van der Waals surface area contributed by atoms with Gasteiger partial charge in [0.15, 0.2) is 6.10 Å². The van der Waals surface area contributed by atoms with Gasteiger partial charge >= 0.3 is 5.97 Å². The highest BCUT2D eigenvalue weighted by atomic mass is 19.1. The second kappa shape index (κ2) is 8.78. The van der Waals surface area contributed by atoms with Crippen LogP contribution in [0.25, 0.3) is 11.8 Å². The highest BCUT2D eigenvalue weighted by molar-refractivity contribution is 6.00. The molecule has 2 aromatic carbocycles. The van der Waals surface area contributed by atoms with Crippen LogP contribution < -0.4 is 4.90 Å². The summed E-state index contributed by atoms with van der Waals surface area (Å²) in [7, 11) is 0. The number of halogens is 1. The van der Waals surface area contributed by atoms with E-state index in [0.29, 0.717) is 12.2 Å². The Balaban J connectivity index is 1.44. The summed E-state index contributed by atoms with van der Waals surface area (Å²) >= 11 is 0. The smallest absolute Gasteiger partial charge is 0.331 e. The summed E-state index contributed by atoms with van der Waals surface area (Å²) in [6.07, 6.45) is 2.82. The van der Waals surface area contributed by atoms with Crippen molar-refractivity contribution in [1.29, 1.82) is 0 Å². The van der Waals surface area contributed by atoms with Gasteiger partial charge in [0.25, 0.3) is 5.91 Å². The SMILES string of the molecule is Cc1nn(-c2ccc(F)cc2)c(C)c1/C=C/C(=O)OC(C)C(=O)N1CCc2ccccc21. The Labute approximate surface area is 185 Å². The van der Waals surface area contributed by atoms with E-state index in [-0.39, 0.29) is 11.7 Å². The molecule has 0 fully saturated rings. The molecule has 4 rings (SSSR count). The van der Waals surface area contributed by atoms with Gasteiger partial charge in [0.2, 0.25) is 0 Å². The standard InChI is InChI=1S/C25H24FN3O3/c1-16-22(17(2)29(27-16)21-10-8-20(26)9-11-21)12-13-24(30)32-18(3)25(31)28-15-14-19-6-4-5-7-23(19)28/h4-13,18H,14-15H2,1-3H3/b13-12+. The molecule has 2 heterocycles. The molecule has 0 saturated carbocycles.